The van der Waals surface area contributed by atoms with E-state index in [9.17, 15) is 13.2 Å². The van der Waals surface area contributed by atoms with E-state index in [2.05, 4.69) is 10.2 Å². The Morgan fingerprint density at radius 2 is 1.52 bits per heavy atom. The Morgan fingerprint density at radius 1 is 0.839 bits per heavy atom. The maximum absolute atomic E-state index is 13.2. The lowest BCUT2D eigenvalue weighted by Crippen LogP contribution is -2.48. The second-order valence-corrected chi connectivity index (χ2v) is 9.51. The molecule has 6 nitrogen and oxygen atoms in total. The van der Waals surface area contributed by atoms with Crippen LogP contribution in [0.5, 0.6) is 0 Å². The number of nitrogens with one attached hydrogen (secondary N) is 1. The number of rotatable bonds is 5. The molecule has 0 aliphatic carbocycles. The van der Waals surface area contributed by atoms with Crippen molar-refractivity contribution in [2.75, 3.05) is 36.4 Å². The maximum atomic E-state index is 13.2. The number of para-hydroxylation sites is 1. The number of carbonyl (C=O) groups is 1. The number of aryl methyl sites for hydroxylation is 1. The van der Waals surface area contributed by atoms with Gasteiger partial charge in [0.1, 0.15) is 0 Å². The van der Waals surface area contributed by atoms with Crippen molar-refractivity contribution in [1.82, 2.24) is 4.31 Å². The maximum Gasteiger partial charge on any atom is 0.255 e. The molecule has 0 radical (unpaired) electrons. The van der Waals surface area contributed by atoms with Crippen LogP contribution >= 0.6 is 0 Å². The molecule has 1 N–H and O–H groups in total. The standard InChI is InChI=1S/C24H25N3O3S/c1-19-10-12-21(13-11-19)25-24(28)20-6-5-9-23(18-20)31(29,30)27-16-14-26(15-17-27)22-7-3-2-4-8-22/h2-13,18H,14-17H2,1H3,(H,25,28). The summed E-state index contributed by atoms with van der Waals surface area (Å²) >= 11 is 0. The van der Waals surface area contributed by atoms with E-state index in [4.69, 9.17) is 0 Å². The van der Waals surface area contributed by atoms with Crippen molar-refractivity contribution in [3.8, 4) is 0 Å². The lowest BCUT2D eigenvalue weighted by atomic mass is 10.2. The molecule has 1 saturated heterocycles. The Bertz CT molecular complexity index is 1150. The van der Waals surface area contributed by atoms with Crippen molar-refractivity contribution in [3.63, 3.8) is 0 Å². The molecule has 1 amide bonds. The summed E-state index contributed by atoms with van der Waals surface area (Å²) in [4.78, 5) is 14.9. The van der Waals surface area contributed by atoms with E-state index in [1.807, 2.05) is 61.5 Å². The molecule has 0 saturated carbocycles. The second kappa shape index (κ2) is 8.91. The summed E-state index contributed by atoms with van der Waals surface area (Å²) in [5.41, 5.74) is 3.17. The molecular weight excluding hydrogens is 410 g/mol. The third kappa shape index (κ3) is 4.78. The molecule has 3 aromatic rings. The number of nitrogens with zero attached hydrogens (tertiary/aromatic N) is 2. The minimum Gasteiger partial charge on any atom is -0.369 e. The average Bonchev–Trinajstić information content (AvgIpc) is 2.81. The topological polar surface area (TPSA) is 69.7 Å². The zero-order valence-corrected chi connectivity index (χ0v) is 18.2. The molecule has 1 heterocycles. The van der Waals surface area contributed by atoms with Crippen LogP contribution in [0.25, 0.3) is 0 Å². The van der Waals surface area contributed by atoms with E-state index in [1.165, 1.54) is 10.4 Å². The smallest absolute Gasteiger partial charge is 0.255 e. The van der Waals surface area contributed by atoms with Crippen molar-refractivity contribution in [2.45, 2.75) is 11.8 Å². The summed E-state index contributed by atoms with van der Waals surface area (Å²) in [7, 11) is -3.68. The van der Waals surface area contributed by atoms with Crippen LogP contribution in [0.3, 0.4) is 0 Å². The molecule has 0 spiro atoms. The lowest BCUT2D eigenvalue weighted by Gasteiger charge is -2.35. The SMILES string of the molecule is Cc1ccc(NC(=O)c2cccc(S(=O)(=O)N3CCN(c4ccccc4)CC3)c2)cc1. The van der Waals surface area contributed by atoms with Crippen molar-refractivity contribution in [3.05, 3.63) is 90.0 Å². The number of anilines is 2. The molecule has 1 aliphatic rings. The highest BCUT2D eigenvalue weighted by Crippen LogP contribution is 2.22. The molecule has 0 bridgehead atoms. The first-order chi connectivity index (χ1) is 14.9. The Balaban J connectivity index is 1.46. The summed E-state index contributed by atoms with van der Waals surface area (Å²) in [6.07, 6.45) is 0. The van der Waals surface area contributed by atoms with Crippen molar-refractivity contribution in [2.24, 2.45) is 0 Å². The summed E-state index contributed by atoms with van der Waals surface area (Å²) in [6.45, 7) is 4.02. The van der Waals surface area contributed by atoms with Gasteiger partial charge in [-0.2, -0.15) is 4.31 Å². The fourth-order valence-electron chi connectivity index (χ4n) is 3.61. The van der Waals surface area contributed by atoms with Crippen LogP contribution in [0.15, 0.2) is 83.8 Å². The van der Waals surface area contributed by atoms with Gasteiger partial charge in [0.05, 0.1) is 4.90 Å². The highest BCUT2D eigenvalue weighted by atomic mass is 32.2. The predicted molar refractivity (Wildman–Crippen MR) is 123 cm³/mol. The van der Waals surface area contributed by atoms with Crippen LogP contribution in [0.4, 0.5) is 11.4 Å². The van der Waals surface area contributed by atoms with Crippen molar-refractivity contribution < 1.29 is 13.2 Å². The third-order valence-corrected chi connectivity index (χ3v) is 7.30. The Kier molecular flexibility index (Phi) is 6.06. The van der Waals surface area contributed by atoms with Crippen LogP contribution in [-0.4, -0.2) is 44.8 Å². The fourth-order valence-corrected chi connectivity index (χ4v) is 5.08. The van der Waals surface area contributed by atoms with Gasteiger partial charge in [0.2, 0.25) is 10.0 Å². The third-order valence-electron chi connectivity index (χ3n) is 5.40. The van der Waals surface area contributed by atoms with Gasteiger partial charge in [0.15, 0.2) is 0 Å². The molecule has 4 rings (SSSR count). The van der Waals surface area contributed by atoms with Gasteiger partial charge < -0.3 is 10.2 Å². The van der Waals surface area contributed by atoms with Gasteiger partial charge in [-0.05, 0) is 49.4 Å². The number of hydrogen-bond donors (Lipinski definition) is 1. The summed E-state index contributed by atoms with van der Waals surface area (Å²) < 4.78 is 27.8. The van der Waals surface area contributed by atoms with Crippen LogP contribution in [0.1, 0.15) is 15.9 Å². The highest BCUT2D eigenvalue weighted by Gasteiger charge is 2.29. The van der Waals surface area contributed by atoms with E-state index >= 15 is 0 Å². The highest BCUT2D eigenvalue weighted by molar-refractivity contribution is 7.89. The number of carbonyl (C=O) groups excluding carboxylic acids is 1. The summed E-state index contributed by atoms with van der Waals surface area (Å²) in [6, 6.07) is 23.7. The molecule has 1 fully saturated rings. The monoisotopic (exact) mass is 435 g/mol. The van der Waals surface area contributed by atoms with Gasteiger partial charge in [-0.25, -0.2) is 8.42 Å². The van der Waals surface area contributed by atoms with Gasteiger partial charge in [-0.3, -0.25) is 4.79 Å². The van der Waals surface area contributed by atoms with Crippen molar-refractivity contribution >= 4 is 27.3 Å². The zero-order valence-electron chi connectivity index (χ0n) is 17.4. The molecule has 1 aliphatic heterocycles. The number of sulfonamides is 1. The number of benzene rings is 3. The fraction of sp³-hybridized carbons (Fsp3) is 0.208. The Morgan fingerprint density at radius 3 is 2.19 bits per heavy atom. The van der Waals surface area contributed by atoms with E-state index in [0.717, 1.165) is 11.3 Å². The van der Waals surface area contributed by atoms with Crippen LogP contribution in [0, 0.1) is 6.92 Å². The number of piperazine rings is 1. The number of hydrogen-bond acceptors (Lipinski definition) is 4. The minimum atomic E-state index is -3.68. The predicted octanol–water partition coefficient (Wildman–Crippen LogP) is 3.76. The molecule has 160 valence electrons. The first-order valence-corrected chi connectivity index (χ1v) is 11.7. The van der Waals surface area contributed by atoms with Crippen LogP contribution < -0.4 is 10.2 Å². The Labute approximate surface area is 183 Å². The van der Waals surface area contributed by atoms with Crippen LogP contribution in [0.2, 0.25) is 0 Å². The molecule has 0 unspecified atom stereocenters. The van der Waals surface area contributed by atoms with Crippen LogP contribution in [-0.2, 0) is 10.0 Å². The molecule has 0 atom stereocenters. The normalized spacial score (nSPS) is 14.9. The molecule has 31 heavy (non-hydrogen) atoms. The molecular formula is C24H25N3O3S. The van der Waals surface area contributed by atoms with Gasteiger partial charge >= 0.3 is 0 Å². The largest absolute Gasteiger partial charge is 0.369 e. The van der Waals surface area contributed by atoms with Gasteiger partial charge in [0, 0.05) is 43.1 Å². The van der Waals surface area contributed by atoms with E-state index in [0.29, 0.717) is 37.4 Å². The quantitative estimate of drug-likeness (QED) is 0.663. The first kappa shape index (κ1) is 21.1. The summed E-state index contributed by atoms with van der Waals surface area (Å²) in [5.74, 6) is -0.338. The van der Waals surface area contributed by atoms with Crippen molar-refractivity contribution in [1.29, 1.82) is 0 Å². The Hall–Kier alpha value is -3.16. The van der Waals surface area contributed by atoms with Gasteiger partial charge in [-0.15, -0.1) is 0 Å². The molecule has 0 aromatic heterocycles. The van der Waals surface area contributed by atoms with Gasteiger partial charge in [0.25, 0.3) is 5.91 Å². The summed E-state index contributed by atoms with van der Waals surface area (Å²) in [5, 5.41) is 2.81. The van der Waals surface area contributed by atoms with E-state index < -0.39 is 10.0 Å². The zero-order chi connectivity index (χ0) is 21.8. The molecule has 3 aromatic carbocycles. The van der Waals surface area contributed by atoms with E-state index in [1.54, 1.807) is 18.2 Å². The first-order valence-electron chi connectivity index (χ1n) is 10.2. The number of amides is 1. The van der Waals surface area contributed by atoms with E-state index in [-0.39, 0.29) is 10.8 Å². The minimum absolute atomic E-state index is 0.136. The van der Waals surface area contributed by atoms with Gasteiger partial charge in [-0.1, -0.05) is 42.0 Å². The average molecular weight is 436 g/mol. The second-order valence-electron chi connectivity index (χ2n) is 7.57. The molecule has 7 heteroatoms. The lowest BCUT2D eigenvalue weighted by molar-refractivity contribution is 0.102.